The van der Waals surface area contributed by atoms with Crippen LogP contribution in [0.3, 0.4) is 0 Å². The monoisotopic (exact) mass is 474 g/mol. The largest absolute Gasteiger partial charge is 0.497 e. The smallest absolute Gasteiger partial charge is 0.164 e. The predicted molar refractivity (Wildman–Crippen MR) is 130 cm³/mol. The van der Waals surface area contributed by atoms with Gasteiger partial charge in [-0.15, -0.1) is 0 Å². The second-order valence-electron chi connectivity index (χ2n) is 7.74. The Balaban J connectivity index is 1.46. The van der Waals surface area contributed by atoms with Crippen molar-refractivity contribution in [1.29, 1.82) is 0 Å². The lowest BCUT2D eigenvalue weighted by atomic mass is 10.2. The summed E-state index contributed by atoms with van der Waals surface area (Å²) in [5, 5.41) is 8.45. The molecule has 2 aromatic carbocycles. The molecule has 0 aliphatic carbocycles. The minimum Gasteiger partial charge on any atom is -0.497 e. The van der Waals surface area contributed by atoms with Gasteiger partial charge < -0.3 is 10.1 Å². The topological polar surface area (TPSA) is 77.8 Å². The molecule has 0 fully saturated rings. The van der Waals surface area contributed by atoms with Crippen molar-refractivity contribution in [2.24, 2.45) is 0 Å². The number of hydrogen-bond acceptors (Lipinski definition) is 6. The normalized spacial score (nSPS) is 11.1. The van der Waals surface area contributed by atoms with Crippen LogP contribution in [-0.2, 0) is 6.54 Å². The Bertz CT molecular complexity index is 1490. The summed E-state index contributed by atoms with van der Waals surface area (Å²) in [6, 6.07) is 14.0. The molecule has 9 heteroatoms. The lowest BCUT2D eigenvalue weighted by molar-refractivity contribution is 0.414. The molecule has 170 valence electrons. The third kappa shape index (κ3) is 4.40. The fourth-order valence-corrected chi connectivity index (χ4v) is 3.73. The van der Waals surface area contributed by atoms with Crippen LogP contribution < -0.4 is 10.1 Å². The maximum atomic E-state index is 14.4. The summed E-state index contributed by atoms with van der Waals surface area (Å²) in [4.78, 5) is 13.3. The SMILES string of the molecule is COc1ccc(Cn2cc3nccc(Nc4nc(-c5cc(Cl)ccc5F)ncc4C)c3n2)cc1. The van der Waals surface area contributed by atoms with Gasteiger partial charge in [-0.2, -0.15) is 5.10 Å². The number of aromatic nitrogens is 5. The van der Waals surface area contributed by atoms with E-state index in [2.05, 4.69) is 20.3 Å². The summed E-state index contributed by atoms with van der Waals surface area (Å²) in [6.45, 7) is 2.46. The molecule has 0 unspecified atom stereocenters. The van der Waals surface area contributed by atoms with Crippen molar-refractivity contribution in [2.75, 3.05) is 12.4 Å². The number of nitrogens with zero attached hydrogens (tertiary/aromatic N) is 5. The number of nitrogens with one attached hydrogen (secondary N) is 1. The zero-order chi connectivity index (χ0) is 23.7. The highest BCUT2D eigenvalue weighted by Crippen LogP contribution is 2.28. The van der Waals surface area contributed by atoms with Crippen LogP contribution in [0.1, 0.15) is 11.1 Å². The summed E-state index contributed by atoms with van der Waals surface area (Å²) in [5.41, 5.74) is 4.30. The van der Waals surface area contributed by atoms with E-state index in [0.717, 1.165) is 28.1 Å². The van der Waals surface area contributed by atoms with Crippen LogP contribution in [0.5, 0.6) is 5.75 Å². The Kier molecular flexibility index (Phi) is 5.81. The Morgan fingerprint density at radius 2 is 1.91 bits per heavy atom. The van der Waals surface area contributed by atoms with Crippen LogP contribution in [0.4, 0.5) is 15.9 Å². The molecule has 0 spiro atoms. The average Bonchev–Trinajstić information content (AvgIpc) is 3.26. The van der Waals surface area contributed by atoms with Crippen molar-refractivity contribution < 1.29 is 9.13 Å². The molecule has 7 nitrogen and oxygen atoms in total. The molecule has 0 aliphatic rings. The number of rotatable bonds is 6. The van der Waals surface area contributed by atoms with E-state index in [4.69, 9.17) is 21.4 Å². The first-order chi connectivity index (χ1) is 16.5. The van der Waals surface area contributed by atoms with Gasteiger partial charge in [0.05, 0.1) is 31.1 Å². The number of anilines is 2. The van der Waals surface area contributed by atoms with Crippen molar-refractivity contribution in [2.45, 2.75) is 13.5 Å². The van der Waals surface area contributed by atoms with Crippen LogP contribution in [-0.4, -0.2) is 31.8 Å². The van der Waals surface area contributed by atoms with Crippen molar-refractivity contribution in [3.63, 3.8) is 0 Å². The summed E-state index contributed by atoms with van der Waals surface area (Å²) in [6.07, 6.45) is 5.24. The zero-order valence-electron chi connectivity index (χ0n) is 18.5. The van der Waals surface area contributed by atoms with Gasteiger partial charge >= 0.3 is 0 Å². The molecule has 5 aromatic rings. The van der Waals surface area contributed by atoms with Gasteiger partial charge in [0.1, 0.15) is 28.4 Å². The van der Waals surface area contributed by atoms with E-state index in [-0.39, 0.29) is 11.4 Å². The number of methoxy groups -OCH3 is 1. The van der Waals surface area contributed by atoms with Gasteiger partial charge in [0, 0.05) is 23.0 Å². The number of aryl methyl sites for hydroxylation is 1. The third-order valence-corrected chi connectivity index (χ3v) is 5.59. The van der Waals surface area contributed by atoms with Crippen molar-refractivity contribution in [3.05, 3.63) is 89.1 Å². The number of ether oxygens (including phenoxy) is 1. The zero-order valence-corrected chi connectivity index (χ0v) is 19.2. The molecule has 0 saturated carbocycles. The Morgan fingerprint density at radius 1 is 1.09 bits per heavy atom. The Labute approximate surface area is 200 Å². The molecule has 3 aromatic heterocycles. The highest BCUT2D eigenvalue weighted by molar-refractivity contribution is 6.30. The standard InChI is InChI=1S/C25H20ClFN6O/c1-15-12-29-25(19-11-17(26)5-8-20(19)27)31-24(15)30-21-9-10-28-22-14-33(32-23(21)22)13-16-3-6-18(34-2)7-4-16/h3-12,14H,13H2,1-2H3,(H,29,30,31). The predicted octanol–water partition coefficient (Wildman–Crippen LogP) is 5.79. The van der Waals surface area contributed by atoms with E-state index in [1.54, 1.807) is 19.5 Å². The first-order valence-electron chi connectivity index (χ1n) is 10.5. The summed E-state index contributed by atoms with van der Waals surface area (Å²) in [7, 11) is 1.64. The highest BCUT2D eigenvalue weighted by Gasteiger charge is 2.14. The highest BCUT2D eigenvalue weighted by atomic mass is 35.5. The van der Waals surface area contributed by atoms with Crippen LogP contribution in [0.15, 0.2) is 67.1 Å². The molecule has 0 aliphatic heterocycles. The molecule has 0 saturated heterocycles. The van der Waals surface area contributed by atoms with Gasteiger partial charge in [-0.05, 0) is 48.9 Å². The molecule has 0 bridgehead atoms. The first-order valence-corrected chi connectivity index (χ1v) is 10.9. The molecule has 0 atom stereocenters. The molecule has 0 amide bonds. The van der Waals surface area contributed by atoms with E-state index in [1.165, 1.54) is 18.2 Å². The number of hydrogen-bond donors (Lipinski definition) is 1. The molecule has 0 radical (unpaired) electrons. The molecule has 1 N–H and O–H groups in total. The summed E-state index contributed by atoms with van der Waals surface area (Å²) >= 11 is 6.05. The van der Waals surface area contributed by atoms with E-state index >= 15 is 0 Å². The van der Waals surface area contributed by atoms with Crippen molar-refractivity contribution in [1.82, 2.24) is 24.7 Å². The average molecular weight is 475 g/mol. The van der Waals surface area contributed by atoms with Gasteiger partial charge in [-0.1, -0.05) is 23.7 Å². The van der Waals surface area contributed by atoms with E-state index in [1.807, 2.05) is 48.1 Å². The van der Waals surface area contributed by atoms with Crippen LogP contribution in [0, 0.1) is 12.7 Å². The van der Waals surface area contributed by atoms with E-state index < -0.39 is 5.82 Å². The third-order valence-electron chi connectivity index (χ3n) is 5.35. The van der Waals surface area contributed by atoms with E-state index in [9.17, 15) is 4.39 Å². The summed E-state index contributed by atoms with van der Waals surface area (Å²) < 4.78 is 21.4. The van der Waals surface area contributed by atoms with Gasteiger partial charge in [0.15, 0.2) is 5.82 Å². The van der Waals surface area contributed by atoms with Gasteiger partial charge in [-0.25, -0.2) is 14.4 Å². The van der Waals surface area contributed by atoms with E-state index in [0.29, 0.717) is 22.9 Å². The first kappa shape index (κ1) is 21.8. The lowest BCUT2D eigenvalue weighted by Gasteiger charge is -2.11. The fourth-order valence-electron chi connectivity index (χ4n) is 3.56. The second kappa shape index (κ2) is 9.07. The number of fused-ring (bicyclic) bond motifs is 1. The molecular weight excluding hydrogens is 455 g/mol. The minimum absolute atomic E-state index is 0.235. The quantitative estimate of drug-likeness (QED) is 0.335. The number of halogens is 2. The Hall–Kier alpha value is -4.04. The number of benzene rings is 2. The van der Waals surface area contributed by atoms with Gasteiger partial charge in [0.2, 0.25) is 0 Å². The maximum Gasteiger partial charge on any atom is 0.164 e. The second-order valence-corrected chi connectivity index (χ2v) is 8.18. The van der Waals surface area contributed by atoms with Gasteiger partial charge in [0.25, 0.3) is 0 Å². The lowest BCUT2D eigenvalue weighted by Crippen LogP contribution is -2.02. The Morgan fingerprint density at radius 3 is 2.71 bits per heavy atom. The van der Waals surface area contributed by atoms with Crippen LogP contribution in [0.2, 0.25) is 5.02 Å². The minimum atomic E-state index is -0.442. The van der Waals surface area contributed by atoms with Crippen LogP contribution in [0.25, 0.3) is 22.4 Å². The summed E-state index contributed by atoms with van der Waals surface area (Å²) in [5.74, 6) is 1.15. The maximum absolute atomic E-state index is 14.4. The van der Waals surface area contributed by atoms with Crippen molar-refractivity contribution >= 4 is 34.1 Å². The number of pyridine rings is 1. The van der Waals surface area contributed by atoms with Crippen LogP contribution >= 0.6 is 11.6 Å². The molecular formula is C25H20ClFN6O. The molecule has 34 heavy (non-hydrogen) atoms. The molecule has 5 rings (SSSR count). The fraction of sp³-hybridized carbons (Fsp3) is 0.120. The molecule has 3 heterocycles. The van der Waals surface area contributed by atoms with Gasteiger partial charge in [-0.3, -0.25) is 9.67 Å². The van der Waals surface area contributed by atoms with Crippen molar-refractivity contribution in [3.8, 4) is 17.1 Å².